The maximum absolute atomic E-state index is 12.4. The van der Waals surface area contributed by atoms with Gasteiger partial charge < -0.3 is 15.4 Å². The minimum atomic E-state index is -3.35. The monoisotopic (exact) mass is 369 g/mol. The lowest BCUT2D eigenvalue weighted by Gasteiger charge is -2.22. The molecule has 0 aliphatic carbocycles. The van der Waals surface area contributed by atoms with E-state index in [-0.39, 0.29) is 23.7 Å². The van der Waals surface area contributed by atoms with Crippen LogP contribution in [0.3, 0.4) is 0 Å². The van der Waals surface area contributed by atoms with Crippen LogP contribution in [0.4, 0.5) is 10.5 Å². The van der Waals surface area contributed by atoms with Crippen LogP contribution in [0.15, 0.2) is 12.1 Å². The molecule has 2 atom stereocenters. The lowest BCUT2D eigenvalue weighted by Crippen LogP contribution is -2.45. The second kappa shape index (κ2) is 7.72. The number of nitrogens with one attached hydrogen (secondary N) is 2. The van der Waals surface area contributed by atoms with Gasteiger partial charge in [0.05, 0.1) is 25.0 Å². The fraction of sp³-hybridized carbons (Fsp3) is 0.588. The molecule has 2 amide bonds. The van der Waals surface area contributed by atoms with Crippen LogP contribution < -0.4 is 10.6 Å². The Morgan fingerprint density at radius 1 is 1.20 bits per heavy atom. The Balaban J connectivity index is 2.03. The van der Waals surface area contributed by atoms with E-state index in [1.165, 1.54) is 18.4 Å². The molecule has 0 radical (unpaired) electrons. The highest BCUT2D eigenvalue weighted by atomic mass is 32.2. The summed E-state index contributed by atoms with van der Waals surface area (Å²) in [5.41, 5.74) is 3.89. The van der Waals surface area contributed by atoms with Crippen LogP contribution in [0.2, 0.25) is 0 Å². The number of carbonyl (C=O) groups excluding carboxylic acids is 1. The highest BCUT2D eigenvalue weighted by Gasteiger charge is 2.34. The van der Waals surface area contributed by atoms with Crippen LogP contribution in [-0.2, 0) is 14.8 Å². The molecule has 0 spiro atoms. The molecule has 1 saturated heterocycles. The molecule has 25 heavy (non-hydrogen) atoms. The lowest BCUT2D eigenvalue weighted by atomic mass is 10.0. The van der Waals surface area contributed by atoms with Gasteiger partial charge in [-0.25, -0.2) is 17.5 Å². The van der Waals surface area contributed by atoms with E-state index in [0.717, 1.165) is 22.4 Å². The Hall–Kier alpha value is -1.64. The summed E-state index contributed by atoms with van der Waals surface area (Å²) in [6, 6.07) is 3.33. The Bertz CT molecular complexity index is 723. The molecular formula is C17H27N3O4S. The Morgan fingerprint density at radius 2 is 1.80 bits per heavy atom. The average molecular weight is 369 g/mol. The number of amides is 2. The summed E-state index contributed by atoms with van der Waals surface area (Å²) in [6.45, 7) is 6.53. The normalized spacial score (nSPS) is 20.7. The molecule has 1 aromatic rings. The van der Waals surface area contributed by atoms with Crippen LogP contribution in [0.25, 0.3) is 0 Å². The number of urea groups is 1. The summed E-state index contributed by atoms with van der Waals surface area (Å²) >= 11 is 0. The van der Waals surface area contributed by atoms with Crippen molar-refractivity contribution in [3.63, 3.8) is 0 Å². The summed E-state index contributed by atoms with van der Waals surface area (Å²) in [5, 5.41) is 5.72. The van der Waals surface area contributed by atoms with E-state index < -0.39 is 10.0 Å². The minimum absolute atomic E-state index is 0.0481. The first-order valence-electron chi connectivity index (χ1n) is 8.23. The first-order valence-corrected chi connectivity index (χ1v) is 9.84. The highest BCUT2D eigenvalue weighted by Crippen LogP contribution is 2.22. The molecule has 140 valence electrons. The molecule has 0 unspecified atom stereocenters. The molecule has 8 heteroatoms. The third-order valence-electron chi connectivity index (χ3n) is 4.41. The van der Waals surface area contributed by atoms with Crippen molar-refractivity contribution in [1.29, 1.82) is 0 Å². The van der Waals surface area contributed by atoms with Crippen molar-refractivity contribution < 1.29 is 17.9 Å². The standard InChI is InChI=1S/C17H27N3O4S/c1-11-6-12(2)16(13(3)7-11)19-17(21)18-15-9-24-8-14(15)10-25(22,23)20(4)5/h6-7,14-15H,8-10H2,1-5H3,(H2,18,19,21)/t14-,15-/m0/s1. The Morgan fingerprint density at radius 3 is 2.36 bits per heavy atom. The molecule has 2 N–H and O–H groups in total. The van der Waals surface area contributed by atoms with Crippen molar-refractivity contribution >= 4 is 21.7 Å². The highest BCUT2D eigenvalue weighted by molar-refractivity contribution is 7.89. The molecule has 1 fully saturated rings. The number of carbonyl (C=O) groups is 1. The molecular weight excluding hydrogens is 342 g/mol. The fourth-order valence-corrected chi connectivity index (χ4v) is 4.20. The Kier molecular flexibility index (Phi) is 6.08. The number of aryl methyl sites for hydroxylation is 3. The zero-order valence-electron chi connectivity index (χ0n) is 15.4. The van der Waals surface area contributed by atoms with Gasteiger partial charge in [-0.3, -0.25) is 0 Å². The number of ether oxygens (including phenoxy) is 1. The molecule has 2 rings (SSSR count). The smallest absolute Gasteiger partial charge is 0.319 e. The van der Waals surface area contributed by atoms with Gasteiger partial charge in [-0.2, -0.15) is 0 Å². The summed E-state index contributed by atoms with van der Waals surface area (Å²) in [6.07, 6.45) is 0. The zero-order valence-corrected chi connectivity index (χ0v) is 16.2. The van der Waals surface area contributed by atoms with Crippen molar-refractivity contribution in [2.45, 2.75) is 26.8 Å². The van der Waals surface area contributed by atoms with Gasteiger partial charge in [-0.1, -0.05) is 17.7 Å². The molecule has 0 aromatic heterocycles. The summed E-state index contributed by atoms with van der Waals surface area (Å²) in [7, 11) is -0.339. The van der Waals surface area contributed by atoms with Gasteiger partial charge in [0.1, 0.15) is 0 Å². The minimum Gasteiger partial charge on any atom is -0.379 e. The third kappa shape index (κ3) is 4.93. The van der Waals surface area contributed by atoms with Gasteiger partial charge in [0.25, 0.3) is 0 Å². The predicted octanol–water partition coefficient (Wildman–Crippen LogP) is 1.64. The van der Waals surface area contributed by atoms with Gasteiger partial charge >= 0.3 is 6.03 Å². The SMILES string of the molecule is Cc1cc(C)c(NC(=O)N[C@H]2COC[C@H]2CS(=O)(=O)N(C)C)c(C)c1. The van der Waals surface area contributed by atoms with Gasteiger partial charge in [-0.15, -0.1) is 0 Å². The van der Waals surface area contributed by atoms with Crippen LogP contribution in [-0.4, -0.2) is 57.9 Å². The van der Waals surface area contributed by atoms with Crippen molar-refractivity contribution in [3.8, 4) is 0 Å². The van der Waals surface area contributed by atoms with E-state index in [4.69, 9.17) is 4.74 Å². The number of rotatable bonds is 5. The fourth-order valence-electron chi connectivity index (χ4n) is 3.04. The molecule has 1 heterocycles. The van der Waals surface area contributed by atoms with Crippen molar-refractivity contribution in [2.75, 3.05) is 38.4 Å². The summed E-state index contributed by atoms with van der Waals surface area (Å²) < 4.78 is 30.7. The van der Waals surface area contributed by atoms with E-state index in [1.807, 2.05) is 32.9 Å². The quantitative estimate of drug-likeness (QED) is 0.826. The number of nitrogens with zero attached hydrogens (tertiary/aromatic N) is 1. The molecule has 0 bridgehead atoms. The largest absolute Gasteiger partial charge is 0.379 e. The number of hydrogen-bond donors (Lipinski definition) is 2. The van der Waals surface area contributed by atoms with Gasteiger partial charge in [0.15, 0.2) is 0 Å². The topological polar surface area (TPSA) is 87.7 Å². The van der Waals surface area contributed by atoms with Gasteiger partial charge in [0.2, 0.25) is 10.0 Å². The second-order valence-corrected chi connectivity index (χ2v) is 9.06. The first-order chi connectivity index (χ1) is 11.6. The maximum atomic E-state index is 12.4. The maximum Gasteiger partial charge on any atom is 0.319 e. The Labute approximate surface area is 149 Å². The third-order valence-corrected chi connectivity index (χ3v) is 6.37. The predicted molar refractivity (Wildman–Crippen MR) is 98.4 cm³/mol. The second-order valence-electron chi connectivity index (χ2n) is 6.84. The van der Waals surface area contributed by atoms with Crippen LogP contribution in [0, 0.1) is 26.7 Å². The van der Waals surface area contributed by atoms with Gasteiger partial charge in [-0.05, 0) is 31.9 Å². The number of sulfonamides is 1. The van der Waals surface area contributed by atoms with Crippen molar-refractivity contribution in [2.24, 2.45) is 5.92 Å². The lowest BCUT2D eigenvalue weighted by molar-refractivity contribution is 0.184. The van der Waals surface area contributed by atoms with E-state index in [0.29, 0.717) is 13.2 Å². The molecule has 1 aliphatic heterocycles. The van der Waals surface area contributed by atoms with E-state index in [9.17, 15) is 13.2 Å². The molecule has 7 nitrogen and oxygen atoms in total. The molecule has 1 aliphatic rings. The van der Waals surface area contributed by atoms with Crippen molar-refractivity contribution in [3.05, 3.63) is 28.8 Å². The zero-order chi connectivity index (χ0) is 18.8. The number of benzene rings is 1. The average Bonchev–Trinajstić information content (AvgIpc) is 2.89. The van der Waals surface area contributed by atoms with E-state index in [2.05, 4.69) is 10.6 Å². The van der Waals surface area contributed by atoms with Gasteiger partial charge in [0, 0.05) is 25.7 Å². The molecule has 1 aromatic carbocycles. The number of anilines is 1. The van der Waals surface area contributed by atoms with Crippen LogP contribution in [0.1, 0.15) is 16.7 Å². The number of hydrogen-bond acceptors (Lipinski definition) is 4. The van der Waals surface area contributed by atoms with E-state index >= 15 is 0 Å². The summed E-state index contributed by atoms with van der Waals surface area (Å²) in [5.74, 6) is -0.313. The molecule has 0 saturated carbocycles. The van der Waals surface area contributed by atoms with E-state index in [1.54, 1.807) is 0 Å². The van der Waals surface area contributed by atoms with Crippen molar-refractivity contribution in [1.82, 2.24) is 9.62 Å². The summed E-state index contributed by atoms with van der Waals surface area (Å²) in [4.78, 5) is 12.4. The first kappa shape index (κ1) is 19.7. The van der Waals surface area contributed by atoms with Crippen LogP contribution >= 0.6 is 0 Å². The van der Waals surface area contributed by atoms with Crippen LogP contribution in [0.5, 0.6) is 0 Å².